The van der Waals surface area contributed by atoms with Crippen molar-refractivity contribution in [1.82, 2.24) is 14.8 Å². The number of fused-ring (bicyclic) bond motifs is 1. The Kier molecular flexibility index (Phi) is 2.95. The molecule has 0 unspecified atom stereocenters. The smallest absolute Gasteiger partial charge is 0.264 e. The molecule has 6 heteroatoms. The summed E-state index contributed by atoms with van der Waals surface area (Å²) in [5.74, 6) is 0.442. The minimum absolute atomic E-state index is 0.0907. The van der Waals surface area contributed by atoms with Gasteiger partial charge in [-0.15, -0.1) is 0 Å². The summed E-state index contributed by atoms with van der Waals surface area (Å²) in [7, 11) is 0. The van der Waals surface area contributed by atoms with Crippen LogP contribution in [0, 0.1) is 5.92 Å². The highest BCUT2D eigenvalue weighted by molar-refractivity contribution is 5.81. The third-order valence-electron chi connectivity index (χ3n) is 3.73. The van der Waals surface area contributed by atoms with Crippen molar-refractivity contribution in [3.05, 3.63) is 24.2 Å². The first-order chi connectivity index (χ1) is 9.05. The molecule has 2 heterocycles. The first-order valence-electron chi connectivity index (χ1n) is 6.43. The van der Waals surface area contributed by atoms with Crippen molar-refractivity contribution < 1.29 is 13.2 Å². The van der Waals surface area contributed by atoms with Crippen molar-refractivity contribution in [1.29, 1.82) is 0 Å². The number of hydrogen-bond acceptors (Lipinski definition) is 2. The van der Waals surface area contributed by atoms with E-state index in [1.54, 1.807) is 6.07 Å². The zero-order valence-electron chi connectivity index (χ0n) is 10.3. The van der Waals surface area contributed by atoms with Crippen molar-refractivity contribution in [2.45, 2.75) is 38.4 Å². The average molecular weight is 269 g/mol. The maximum absolute atomic E-state index is 12.9. The molecule has 1 aliphatic rings. The zero-order valence-corrected chi connectivity index (χ0v) is 10.3. The first kappa shape index (κ1) is 12.4. The Hall–Kier alpha value is -1.59. The molecule has 102 valence electrons. The Balaban J connectivity index is 2.04. The van der Waals surface area contributed by atoms with Gasteiger partial charge in [-0.2, -0.15) is 18.3 Å². The number of alkyl halides is 3. The predicted molar refractivity (Wildman–Crippen MR) is 64.5 cm³/mol. The van der Waals surface area contributed by atoms with Gasteiger partial charge < -0.3 is 0 Å². The van der Waals surface area contributed by atoms with Crippen LogP contribution in [-0.4, -0.2) is 14.8 Å². The molecule has 0 bridgehead atoms. The lowest BCUT2D eigenvalue weighted by molar-refractivity contribution is -0.140. The van der Waals surface area contributed by atoms with E-state index in [0.717, 1.165) is 25.7 Å². The molecule has 1 aliphatic carbocycles. The van der Waals surface area contributed by atoms with Gasteiger partial charge in [0.15, 0.2) is 5.69 Å². The highest BCUT2D eigenvalue weighted by Crippen LogP contribution is 2.34. The van der Waals surface area contributed by atoms with Gasteiger partial charge in [-0.3, -0.25) is 9.67 Å². The van der Waals surface area contributed by atoms with E-state index in [1.165, 1.54) is 17.1 Å². The maximum Gasteiger partial charge on any atom is 0.435 e. The van der Waals surface area contributed by atoms with Gasteiger partial charge in [0.2, 0.25) is 0 Å². The molecule has 0 N–H and O–H groups in total. The number of nitrogens with zero attached hydrogens (tertiary/aromatic N) is 3. The van der Waals surface area contributed by atoms with Crippen molar-refractivity contribution in [3.8, 4) is 0 Å². The van der Waals surface area contributed by atoms with Gasteiger partial charge in [0.05, 0.1) is 10.9 Å². The summed E-state index contributed by atoms with van der Waals surface area (Å²) in [4.78, 5) is 3.78. The van der Waals surface area contributed by atoms with Gasteiger partial charge in [-0.1, -0.05) is 12.8 Å². The number of halogens is 3. The molecule has 0 saturated heterocycles. The van der Waals surface area contributed by atoms with Crippen molar-refractivity contribution >= 4 is 10.9 Å². The van der Waals surface area contributed by atoms with E-state index in [-0.39, 0.29) is 5.39 Å². The zero-order chi connectivity index (χ0) is 13.5. The molecule has 3 rings (SSSR count). The third-order valence-corrected chi connectivity index (χ3v) is 3.73. The molecule has 3 nitrogen and oxygen atoms in total. The fraction of sp³-hybridized carbons (Fsp3) is 0.538. The Bertz CT molecular complexity index is 582. The Labute approximate surface area is 108 Å². The van der Waals surface area contributed by atoms with E-state index in [0.29, 0.717) is 18.0 Å². The van der Waals surface area contributed by atoms with Crippen molar-refractivity contribution in [2.24, 2.45) is 5.92 Å². The predicted octanol–water partition coefficient (Wildman–Crippen LogP) is 3.64. The first-order valence-corrected chi connectivity index (χ1v) is 6.43. The van der Waals surface area contributed by atoms with E-state index in [2.05, 4.69) is 10.1 Å². The molecule has 2 aromatic heterocycles. The SMILES string of the molecule is FC(F)(F)c1nn(CC2CCCC2)c2ccncc12. The molecule has 0 aliphatic heterocycles. The van der Waals surface area contributed by atoms with E-state index in [4.69, 9.17) is 0 Å². The summed E-state index contributed by atoms with van der Waals surface area (Å²) in [6, 6.07) is 1.60. The van der Waals surface area contributed by atoms with Gasteiger partial charge in [-0.25, -0.2) is 0 Å². The summed E-state index contributed by atoms with van der Waals surface area (Å²) >= 11 is 0. The number of hydrogen-bond donors (Lipinski definition) is 0. The molecule has 2 aromatic rings. The van der Waals surface area contributed by atoms with Crippen LogP contribution in [0.4, 0.5) is 13.2 Å². The minimum Gasteiger partial charge on any atom is -0.264 e. The lowest BCUT2D eigenvalue weighted by atomic mass is 10.1. The Morgan fingerprint density at radius 3 is 2.68 bits per heavy atom. The fourth-order valence-corrected chi connectivity index (χ4v) is 2.81. The largest absolute Gasteiger partial charge is 0.435 e. The summed E-state index contributed by atoms with van der Waals surface area (Å²) < 4.78 is 40.3. The van der Waals surface area contributed by atoms with Gasteiger partial charge >= 0.3 is 6.18 Å². The monoisotopic (exact) mass is 269 g/mol. The maximum atomic E-state index is 12.9. The van der Waals surface area contributed by atoms with Gasteiger partial charge in [0.25, 0.3) is 0 Å². The second-order valence-corrected chi connectivity index (χ2v) is 5.07. The summed E-state index contributed by atoms with van der Waals surface area (Å²) in [5.41, 5.74) is -0.303. The van der Waals surface area contributed by atoms with Crippen LogP contribution in [-0.2, 0) is 12.7 Å². The minimum atomic E-state index is -4.43. The molecule has 0 radical (unpaired) electrons. The molecular weight excluding hydrogens is 255 g/mol. The Morgan fingerprint density at radius 1 is 1.26 bits per heavy atom. The standard InChI is InChI=1S/C13H14F3N3/c14-13(15,16)12-10-7-17-6-5-11(10)19(18-12)8-9-3-1-2-4-9/h5-7,9H,1-4,8H2. The number of aromatic nitrogens is 3. The van der Waals surface area contributed by atoms with Crippen LogP contribution >= 0.6 is 0 Å². The van der Waals surface area contributed by atoms with E-state index in [1.807, 2.05) is 0 Å². The lowest BCUT2D eigenvalue weighted by Gasteiger charge is -2.09. The lowest BCUT2D eigenvalue weighted by Crippen LogP contribution is -2.11. The van der Waals surface area contributed by atoms with Crippen LogP contribution in [0.3, 0.4) is 0 Å². The van der Waals surface area contributed by atoms with Gasteiger partial charge in [0.1, 0.15) is 0 Å². The van der Waals surface area contributed by atoms with E-state index >= 15 is 0 Å². The van der Waals surface area contributed by atoms with Crippen LogP contribution in [0.1, 0.15) is 31.4 Å². The second-order valence-electron chi connectivity index (χ2n) is 5.07. The summed E-state index contributed by atoms with van der Waals surface area (Å²) in [6.07, 6.45) is 2.81. The number of pyridine rings is 1. The van der Waals surface area contributed by atoms with Crippen molar-refractivity contribution in [2.75, 3.05) is 0 Å². The summed E-state index contributed by atoms with van der Waals surface area (Å²) in [6.45, 7) is 0.566. The second kappa shape index (κ2) is 4.51. The highest BCUT2D eigenvalue weighted by atomic mass is 19.4. The third kappa shape index (κ3) is 2.31. The molecule has 1 saturated carbocycles. The highest BCUT2D eigenvalue weighted by Gasteiger charge is 2.37. The molecule has 1 fully saturated rings. The van der Waals surface area contributed by atoms with Crippen LogP contribution in [0.25, 0.3) is 10.9 Å². The molecule has 0 aromatic carbocycles. The van der Waals surface area contributed by atoms with Gasteiger partial charge in [-0.05, 0) is 24.8 Å². The van der Waals surface area contributed by atoms with E-state index < -0.39 is 11.9 Å². The molecule has 0 atom stereocenters. The fourth-order valence-electron chi connectivity index (χ4n) is 2.81. The van der Waals surface area contributed by atoms with Crippen LogP contribution in [0.15, 0.2) is 18.5 Å². The topological polar surface area (TPSA) is 30.7 Å². The quantitative estimate of drug-likeness (QED) is 0.833. The Morgan fingerprint density at radius 2 is 2.00 bits per heavy atom. The van der Waals surface area contributed by atoms with Gasteiger partial charge in [0, 0.05) is 18.9 Å². The summed E-state index contributed by atoms with van der Waals surface area (Å²) in [5, 5.41) is 3.87. The normalized spacial score (nSPS) is 17.4. The van der Waals surface area contributed by atoms with Crippen LogP contribution in [0.2, 0.25) is 0 Å². The van der Waals surface area contributed by atoms with E-state index in [9.17, 15) is 13.2 Å². The molecule has 0 spiro atoms. The van der Waals surface area contributed by atoms with Crippen LogP contribution in [0.5, 0.6) is 0 Å². The molecule has 19 heavy (non-hydrogen) atoms. The molecule has 0 amide bonds. The average Bonchev–Trinajstić information content (AvgIpc) is 2.97. The van der Waals surface area contributed by atoms with Crippen molar-refractivity contribution in [3.63, 3.8) is 0 Å². The number of rotatable bonds is 2. The van der Waals surface area contributed by atoms with Crippen LogP contribution < -0.4 is 0 Å². The molecular formula is C13H14F3N3.